The standard InChI is InChI=1S/C21H19BrN4OS2/c1-13-6-4-5-7-16(13)19-24-25-21(26(19)2)29-12-15-11-28-20(23-15)17-10-14(22)8-9-18(17)27-3/h4-11H,12H2,1-3H3. The van der Waals surface area contributed by atoms with Crippen molar-refractivity contribution < 1.29 is 4.74 Å². The summed E-state index contributed by atoms with van der Waals surface area (Å²) >= 11 is 6.78. The van der Waals surface area contributed by atoms with Crippen LogP contribution in [0.25, 0.3) is 22.0 Å². The third kappa shape index (κ3) is 4.24. The smallest absolute Gasteiger partial charge is 0.191 e. The second-order valence-corrected chi connectivity index (χ2v) is 9.17. The molecule has 0 bridgehead atoms. The lowest BCUT2D eigenvalue weighted by atomic mass is 10.1. The van der Waals surface area contributed by atoms with E-state index in [-0.39, 0.29) is 0 Å². The Kier molecular flexibility index (Phi) is 6.03. The monoisotopic (exact) mass is 486 g/mol. The molecule has 0 unspecified atom stereocenters. The van der Waals surface area contributed by atoms with Gasteiger partial charge in [0.05, 0.1) is 18.4 Å². The molecule has 0 atom stereocenters. The Hall–Kier alpha value is -2.16. The van der Waals surface area contributed by atoms with E-state index in [2.05, 4.69) is 50.6 Å². The summed E-state index contributed by atoms with van der Waals surface area (Å²) in [5.41, 5.74) is 4.29. The molecule has 0 spiro atoms. The van der Waals surface area contributed by atoms with Gasteiger partial charge in [-0.2, -0.15) is 0 Å². The van der Waals surface area contributed by atoms with Gasteiger partial charge in [-0.3, -0.25) is 0 Å². The predicted molar refractivity (Wildman–Crippen MR) is 123 cm³/mol. The molecule has 5 nitrogen and oxygen atoms in total. The lowest BCUT2D eigenvalue weighted by molar-refractivity contribution is 0.416. The molecule has 0 aliphatic carbocycles. The maximum atomic E-state index is 5.48. The summed E-state index contributed by atoms with van der Waals surface area (Å²) in [5.74, 6) is 2.42. The summed E-state index contributed by atoms with van der Waals surface area (Å²) in [5, 5.41) is 12.7. The SMILES string of the molecule is COc1ccc(Br)cc1-c1nc(CSc2nnc(-c3ccccc3C)n2C)cs1. The molecule has 4 rings (SSSR count). The van der Waals surface area contributed by atoms with E-state index in [4.69, 9.17) is 9.72 Å². The molecule has 0 aliphatic rings. The number of methoxy groups -OCH3 is 1. The molecular formula is C21H19BrN4OS2. The van der Waals surface area contributed by atoms with E-state index in [1.807, 2.05) is 41.9 Å². The number of rotatable bonds is 6. The van der Waals surface area contributed by atoms with Crippen LogP contribution in [0.3, 0.4) is 0 Å². The van der Waals surface area contributed by atoms with Gasteiger partial charge in [-0.1, -0.05) is 52.0 Å². The molecule has 8 heteroatoms. The number of ether oxygens (including phenoxy) is 1. The maximum absolute atomic E-state index is 5.48. The van der Waals surface area contributed by atoms with E-state index in [0.717, 1.165) is 48.8 Å². The summed E-state index contributed by atoms with van der Waals surface area (Å²) in [6.07, 6.45) is 0. The highest BCUT2D eigenvalue weighted by atomic mass is 79.9. The lowest BCUT2D eigenvalue weighted by Crippen LogP contribution is -1.96. The Balaban J connectivity index is 1.52. The minimum absolute atomic E-state index is 0.729. The number of nitrogens with zero attached hydrogens (tertiary/aromatic N) is 4. The quantitative estimate of drug-likeness (QED) is 0.314. The second kappa shape index (κ2) is 8.69. The van der Waals surface area contributed by atoms with Gasteiger partial charge < -0.3 is 9.30 Å². The number of benzene rings is 2. The summed E-state index contributed by atoms with van der Waals surface area (Å²) in [4.78, 5) is 4.79. The Bertz CT molecular complexity index is 1160. The van der Waals surface area contributed by atoms with Crippen LogP contribution >= 0.6 is 39.0 Å². The van der Waals surface area contributed by atoms with Crippen LogP contribution in [0.5, 0.6) is 5.75 Å². The minimum Gasteiger partial charge on any atom is -0.496 e. The third-order valence-electron chi connectivity index (χ3n) is 4.51. The number of halogens is 1. The number of aryl methyl sites for hydroxylation is 1. The van der Waals surface area contributed by atoms with Crippen molar-refractivity contribution in [2.45, 2.75) is 17.8 Å². The van der Waals surface area contributed by atoms with Crippen LogP contribution in [-0.4, -0.2) is 26.9 Å². The van der Waals surface area contributed by atoms with Crippen LogP contribution in [0.15, 0.2) is 57.5 Å². The molecule has 2 heterocycles. The van der Waals surface area contributed by atoms with Crippen molar-refractivity contribution in [2.24, 2.45) is 7.05 Å². The average molecular weight is 487 g/mol. The molecule has 148 valence electrons. The summed E-state index contributed by atoms with van der Waals surface area (Å²) in [6.45, 7) is 2.09. The van der Waals surface area contributed by atoms with Gasteiger partial charge in [0.25, 0.3) is 0 Å². The van der Waals surface area contributed by atoms with Crippen molar-refractivity contribution in [3.05, 3.63) is 63.6 Å². The molecule has 4 aromatic rings. The zero-order valence-electron chi connectivity index (χ0n) is 16.2. The number of hydrogen-bond donors (Lipinski definition) is 0. The maximum Gasteiger partial charge on any atom is 0.191 e. The van der Waals surface area contributed by atoms with Crippen molar-refractivity contribution in [1.82, 2.24) is 19.7 Å². The first kappa shape index (κ1) is 20.1. The van der Waals surface area contributed by atoms with Gasteiger partial charge in [0.2, 0.25) is 0 Å². The van der Waals surface area contributed by atoms with Crippen molar-refractivity contribution in [3.8, 4) is 27.7 Å². The Labute approximate surface area is 186 Å². The van der Waals surface area contributed by atoms with Crippen LogP contribution in [0, 0.1) is 6.92 Å². The number of aromatic nitrogens is 4. The van der Waals surface area contributed by atoms with Crippen LogP contribution in [-0.2, 0) is 12.8 Å². The Morgan fingerprint density at radius 1 is 1.14 bits per heavy atom. The van der Waals surface area contributed by atoms with Gasteiger partial charge in [-0.05, 0) is 30.7 Å². The van der Waals surface area contributed by atoms with Gasteiger partial charge >= 0.3 is 0 Å². The molecule has 2 aromatic carbocycles. The number of thioether (sulfide) groups is 1. The van der Waals surface area contributed by atoms with E-state index in [9.17, 15) is 0 Å². The van der Waals surface area contributed by atoms with Gasteiger partial charge in [0, 0.05) is 28.2 Å². The fourth-order valence-corrected chi connectivity index (χ4v) is 5.09. The van der Waals surface area contributed by atoms with E-state index < -0.39 is 0 Å². The fraction of sp³-hybridized carbons (Fsp3) is 0.190. The largest absolute Gasteiger partial charge is 0.496 e. The van der Waals surface area contributed by atoms with Gasteiger partial charge in [-0.25, -0.2) is 4.98 Å². The molecule has 0 radical (unpaired) electrons. The Morgan fingerprint density at radius 3 is 2.76 bits per heavy atom. The molecule has 0 saturated carbocycles. The zero-order chi connectivity index (χ0) is 20.4. The topological polar surface area (TPSA) is 52.8 Å². The summed E-state index contributed by atoms with van der Waals surface area (Å²) in [6, 6.07) is 14.2. The first-order valence-corrected chi connectivity index (χ1v) is 11.6. The fourth-order valence-electron chi connectivity index (χ4n) is 2.98. The van der Waals surface area contributed by atoms with E-state index in [1.54, 1.807) is 30.2 Å². The first-order chi connectivity index (χ1) is 14.1. The highest BCUT2D eigenvalue weighted by molar-refractivity contribution is 9.10. The minimum atomic E-state index is 0.729. The molecule has 0 saturated heterocycles. The molecular weight excluding hydrogens is 468 g/mol. The van der Waals surface area contributed by atoms with Gasteiger partial charge in [0.15, 0.2) is 11.0 Å². The van der Waals surface area contributed by atoms with Crippen LogP contribution < -0.4 is 4.74 Å². The van der Waals surface area contributed by atoms with E-state index in [1.165, 1.54) is 5.56 Å². The summed E-state index contributed by atoms with van der Waals surface area (Å²) in [7, 11) is 3.68. The molecule has 0 amide bonds. The number of hydrogen-bond acceptors (Lipinski definition) is 6. The van der Waals surface area contributed by atoms with Gasteiger partial charge in [-0.15, -0.1) is 21.5 Å². The molecule has 0 fully saturated rings. The van der Waals surface area contributed by atoms with Crippen molar-refractivity contribution in [2.75, 3.05) is 7.11 Å². The molecule has 0 N–H and O–H groups in total. The highest BCUT2D eigenvalue weighted by Gasteiger charge is 2.15. The third-order valence-corrected chi connectivity index (χ3v) is 6.99. The second-order valence-electron chi connectivity index (χ2n) is 6.46. The first-order valence-electron chi connectivity index (χ1n) is 8.93. The van der Waals surface area contributed by atoms with Crippen molar-refractivity contribution in [3.63, 3.8) is 0 Å². The van der Waals surface area contributed by atoms with Crippen LogP contribution in [0.4, 0.5) is 0 Å². The summed E-state index contributed by atoms with van der Waals surface area (Å²) < 4.78 is 8.52. The van der Waals surface area contributed by atoms with E-state index in [0.29, 0.717) is 0 Å². The average Bonchev–Trinajstić information content (AvgIpc) is 3.34. The molecule has 2 aromatic heterocycles. The van der Waals surface area contributed by atoms with Crippen molar-refractivity contribution >= 4 is 39.0 Å². The highest BCUT2D eigenvalue weighted by Crippen LogP contribution is 2.35. The number of thiazole rings is 1. The van der Waals surface area contributed by atoms with Gasteiger partial charge in [0.1, 0.15) is 10.8 Å². The zero-order valence-corrected chi connectivity index (χ0v) is 19.4. The lowest BCUT2D eigenvalue weighted by Gasteiger charge is -2.06. The van der Waals surface area contributed by atoms with Crippen molar-refractivity contribution in [1.29, 1.82) is 0 Å². The van der Waals surface area contributed by atoms with Crippen LogP contribution in [0.2, 0.25) is 0 Å². The Morgan fingerprint density at radius 2 is 1.97 bits per heavy atom. The predicted octanol–water partition coefficient (Wildman–Crippen LogP) is 5.98. The molecule has 29 heavy (non-hydrogen) atoms. The molecule has 0 aliphatic heterocycles. The van der Waals surface area contributed by atoms with E-state index >= 15 is 0 Å². The normalized spacial score (nSPS) is 11.0. The van der Waals surface area contributed by atoms with Crippen LogP contribution in [0.1, 0.15) is 11.3 Å².